The molecule has 0 aliphatic carbocycles. The van der Waals surface area contributed by atoms with Gasteiger partial charge in [0, 0.05) is 4.47 Å². The molecule has 0 saturated carbocycles. The minimum atomic E-state index is -1.07. The van der Waals surface area contributed by atoms with Crippen LogP contribution in [-0.2, 0) is 0 Å². The Bertz CT molecular complexity index is 673. The Morgan fingerprint density at radius 2 is 2.05 bits per heavy atom. The molecule has 0 unspecified atom stereocenters. The van der Waals surface area contributed by atoms with Gasteiger partial charge in [-0.3, -0.25) is 5.32 Å². The fraction of sp³-hybridized carbons (Fsp3) is 0.0909. The first-order valence-corrected chi connectivity index (χ1v) is 6.97. The predicted molar refractivity (Wildman–Crippen MR) is 78.4 cm³/mol. The smallest absolute Gasteiger partial charge is 0.335 e. The predicted octanol–water partition coefficient (Wildman–Crippen LogP) is 2.95. The largest absolute Gasteiger partial charge is 0.478 e. The number of carbonyl (C=O) groups excluding carboxylic acids is 1. The second-order valence-corrected chi connectivity index (χ2v) is 5.74. The molecule has 20 heavy (non-hydrogen) atoms. The summed E-state index contributed by atoms with van der Waals surface area (Å²) in [6, 6.07) is 3.82. The quantitative estimate of drug-likeness (QED) is 0.784. The van der Waals surface area contributed by atoms with E-state index in [-0.39, 0.29) is 5.56 Å². The Morgan fingerprint density at radius 3 is 2.65 bits per heavy atom. The van der Waals surface area contributed by atoms with Gasteiger partial charge in [0.15, 0.2) is 0 Å². The molecule has 0 spiro atoms. The summed E-state index contributed by atoms with van der Waals surface area (Å²) in [4.78, 5) is 22.7. The number of rotatable bonds is 3. The number of urea groups is 1. The summed E-state index contributed by atoms with van der Waals surface area (Å²) in [6.45, 7) is 1.77. The number of amides is 2. The van der Waals surface area contributed by atoms with Gasteiger partial charge in [0.25, 0.3) is 0 Å². The summed E-state index contributed by atoms with van der Waals surface area (Å²) in [6.07, 6.45) is 0. The molecule has 2 aromatic rings. The van der Waals surface area contributed by atoms with E-state index in [1.165, 1.54) is 23.5 Å². The number of nitrogens with zero attached hydrogens (tertiary/aromatic N) is 2. The van der Waals surface area contributed by atoms with E-state index < -0.39 is 12.0 Å². The Hall–Kier alpha value is -2.00. The van der Waals surface area contributed by atoms with Crippen molar-refractivity contribution in [3.8, 4) is 0 Å². The number of carboxylic acids is 1. The molecule has 0 fully saturated rings. The zero-order valence-electron chi connectivity index (χ0n) is 10.2. The summed E-state index contributed by atoms with van der Waals surface area (Å²) >= 11 is 4.48. The second kappa shape index (κ2) is 5.97. The van der Waals surface area contributed by atoms with Crippen molar-refractivity contribution < 1.29 is 14.7 Å². The van der Waals surface area contributed by atoms with E-state index in [2.05, 4.69) is 36.8 Å². The fourth-order valence-electron chi connectivity index (χ4n) is 1.35. The van der Waals surface area contributed by atoms with Gasteiger partial charge in [0.05, 0.1) is 11.3 Å². The Labute approximate surface area is 126 Å². The minimum Gasteiger partial charge on any atom is -0.478 e. The Balaban J connectivity index is 2.11. The summed E-state index contributed by atoms with van der Waals surface area (Å²) in [7, 11) is 0. The van der Waals surface area contributed by atoms with Crippen molar-refractivity contribution in [1.29, 1.82) is 0 Å². The van der Waals surface area contributed by atoms with Crippen LogP contribution >= 0.6 is 27.3 Å². The number of nitrogens with one attached hydrogen (secondary N) is 2. The van der Waals surface area contributed by atoms with Crippen molar-refractivity contribution in [2.75, 3.05) is 10.6 Å². The number of carboxylic acid groups (broad SMARTS) is 1. The number of aromatic carboxylic acids is 1. The van der Waals surface area contributed by atoms with Crippen LogP contribution in [0.4, 0.5) is 15.6 Å². The van der Waals surface area contributed by atoms with Crippen molar-refractivity contribution in [2.45, 2.75) is 6.92 Å². The molecule has 0 saturated heterocycles. The van der Waals surface area contributed by atoms with Crippen LogP contribution in [0.5, 0.6) is 0 Å². The highest BCUT2D eigenvalue weighted by atomic mass is 79.9. The molecule has 0 radical (unpaired) electrons. The minimum absolute atomic E-state index is 0.0789. The topological polar surface area (TPSA) is 104 Å². The van der Waals surface area contributed by atoms with Crippen LogP contribution < -0.4 is 10.6 Å². The number of carbonyl (C=O) groups is 2. The van der Waals surface area contributed by atoms with Crippen LogP contribution in [0.1, 0.15) is 15.4 Å². The lowest BCUT2D eigenvalue weighted by Gasteiger charge is -2.08. The number of anilines is 2. The first-order valence-electron chi connectivity index (χ1n) is 5.36. The third-order valence-corrected chi connectivity index (χ3v) is 3.65. The van der Waals surface area contributed by atoms with Gasteiger partial charge in [-0.05, 0) is 41.1 Å². The molecule has 0 bridgehead atoms. The number of halogens is 1. The Kier molecular flexibility index (Phi) is 4.30. The zero-order valence-corrected chi connectivity index (χ0v) is 12.6. The van der Waals surface area contributed by atoms with Gasteiger partial charge in [-0.25, -0.2) is 9.59 Å². The molecule has 1 aromatic heterocycles. The second-order valence-electron chi connectivity index (χ2n) is 3.71. The van der Waals surface area contributed by atoms with Crippen molar-refractivity contribution in [3.05, 3.63) is 33.2 Å². The Morgan fingerprint density at radius 1 is 1.30 bits per heavy atom. The van der Waals surface area contributed by atoms with Crippen LogP contribution in [-0.4, -0.2) is 27.3 Å². The van der Waals surface area contributed by atoms with Crippen molar-refractivity contribution >= 4 is 50.1 Å². The average Bonchev–Trinajstić information content (AvgIpc) is 2.77. The molecule has 7 nitrogen and oxygen atoms in total. The number of aryl methyl sites for hydroxylation is 1. The first-order chi connectivity index (χ1) is 9.45. The summed E-state index contributed by atoms with van der Waals surface area (Å²) in [5, 5.41) is 22.6. The molecule has 104 valence electrons. The van der Waals surface area contributed by atoms with Crippen molar-refractivity contribution in [3.63, 3.8) is 0 Å². The van der Waals surface area contributed by atoms with Crippen LogP contribution in [0.2, 0.25) is 0 Å². The van der Waals surface area contributed by atoms with Gasteiger partial charge in [0.2, 0.25) is 5.13 Å². The molecule has 9 heteroatoms. The normalized spacial score (nSPS) is 10.1. The van der Waals surface area contributed by atoms with Crippen LogP contribution in [0.3, 0.4) is 0 Å². The molecule has 0 aliphatic rings. The molecule has 3 N–H and O–H groups in total. The van der Waals surface area contributed by atoms with Crippen LogP contribution in [0, 0.1) is 6.92 Å². The molecule has 2 rings (SSSR count). The summed E-state index contributed by atoms with van der Waals surface area (Å²) in [5.41, 5.74) is 0.430. The highest BCUT2D eigenvalue weighted by molar-refractivity contribution is 9.10. The van der Waals surface area contributed by atoms with E-state index in [1.807, 2.05) is 0 Å². The molecule has 2 amide bonds. The lowest BCUT2D eigenvalue weighted by Crippen LogP contribution is -2.19. The fourth-order valence-corrected chi connectivity index (χ4v) is 2.28. The number of hydrogen-bond donors (Lipinski definition) is 3. The van der Waals surface area contributed by atoms with Gasteiger partial charge in [-0.15, -0.1) is 10.2 Å². The molecular weight excluding hydrogens is 348 g/mol. The third-order valence-electron chi connectivity index (χ3n) is 2.21. The van der Waals surface area contributed by atoms with Gasteiger partial charge in [0.1, 0.15) is 5.01 Å². The molecule has 0 atom stereocenters. The van der Waals surface area contributed by atoms with E-state index in [0.29, 0.717) is 15.3 Å². The number of aromatic nitrogens is 2. The van der Waals surface area contributed by atoms with Gasteiger partial charge >= 0.3 is 12.0 Å². The summed E-state index contributed by atoms with van der Waals surface area (Å²) < 4.78 is 0.575. The highest BCUT2D eigenvalue weighted by Crippen LogP contribution is 2.24. The molecular formula is C11H9BrN4O3S. The number of benzene rings is 1. The standard InChI is InChI=1S/C11H9BrN4O3S/c1-5-15-16-11(20-5)14-10(19)13-8-4-6(9(17)18)2-3-7(8)12/h2-4H,1H3,(H,17,18)(H2,13,14,16,19). The van der Waals surface area contributed by atoms with E-state index in [1.54, 1.807) is 13.0 Å². The van der Waals surface area contributed by atoms with Gasteiger partial charge in [-0.1, -0.05) is 11.3 Å². The average molecular weight is 357 g/mol. The highest BCUT2D eigenvalue weighted by Gasteiger charge is 2.11. The van der Waals surface area contributed by atoms with E-state index in [9.17, 15) is 9.59 Å². The SMILES string of the molecule is Cc1nnc(NC(=O)Nc2cc(C(=O)O)ccc2Br)s1. The molecule has 1 aromatic carbocycles. The van der Waals surface area contributed by atoms with Crippen molar-refractivity contribution in [2.24, 2.45) is 0 Å². The van der Waals surface area contributed by atoms with Crippen LogP contribution in [0.15, 0.2) is 22.7 Å². The van der Waals surface area contributed by atoms with Gasteiger partial charge < -0.3 is 10.4 Å². The van der Waals surface area contributed by atoms with Crippen molar-refractivity contribution in [1.82, 2.24) is 10.2 Å². The van der Waals surface area contributed by atoms with E-state index >= 15 is 0 Å². The molecule has 0 aliphatic heterocycles. The maximum atomic E-state index is 11.8. The van der Waals surface area contributed by atoms with Crippen LogP contribution in [0.25, 0.3) is 0 Å². The first kappa shape index (κ1) is 14.4. The maximum Gasteiger partial charge on any atom is 0.335 e. The zero-order chi connectivity index (χ0) is 14.7. The lowest BCUT2D eigenvalue weighted by molar-refractivity contribution is 0.0697. The third kappa shape index (κ3) is 3.52. The number of hydrogen-bond acceptors (Lipinski definition) is 5. The maximum absolute atomic E-state index is 11.8. The molecule has 1 heterocycles. The monoisotopic (exact) mass is 356 g/mol. The van der Waals surface area contributed by atoms with E-state index in [0.717, 1.165) is 5.01 Å². The van der Waals surface area contributed by atoms with E-state index in [4.69, 9.17) is 5.11 Å². The lowest BCUT2D eigenvalue weighted by atomic mass is 10.2. The summed E-state index contributed by atoms with van der Waals surface area (Å²) in [5.74, 6) is -1.07. The van der Waals surface area contributed by atoms with Gasteiger partial charge in [-0.2, -0.15) is 0 Å².